The maximum absolute atomic E-state index is 13.0. The monoisotopic (exact) mass is 557 g/mol. The van der Waals surface area contributed by atoms with Crippen LogP contribution in [0.3, 0.4) is 0 Å². The number of nitrogens with one attached hydrogen (secondary N) is 2. The highest BCUT2D eigenvalue weighted by Gasteiger charge is 2.32. The van der Waals surface area contributed by atoms with Gasteiger partial charge in [0.25, 0.3) is 0 Å². The fraction of sp³-hybridized carbons (Fsp3) is 0.409. The lowest BCUT2D eigenvalue weighted by Gasteiger charge is -2.34. The van der Waals surface area contributed by atoms with Crippen molar-refractivity contribution in [1.82, 2.24) is 9.03 Å². The van der Waals surface area contributed by atoms with Crippen LogP contribution < -0.4 is 10.0 Å². The number of sulfonamides is 2. The number of hydrogen-bond donors (Lipinski definition) is 2. The van der Waals surface area contributed by atoms with Gasteiger partial charge in [-0.2, -0.15) is 4.31 Å². The van der Waals surface area contributed by atoms with Crippen molar-refractivity contribution in [1.29, 1.82) is 0 Å². The average molecular weight is 559 g/mol. The number of hydrogen-bond acceptors (Lipinski definition) is 5. The van der Waals surface area contributed by atoms with Gasteiger partial charge in [0.15, 0.2) is 0 Å². The van der Waals surface area contributed by atoms with E-state index < -0.39 is 20.0 Å². The quantitative estimate of drug-likeness (QED) is 0.488. The molecule has 2 N–H and O–H groups in total. The van der Waals surface area contributed by atoms with Crippen LogP contribution in [0.2, 0.25) is 0 Å². The number of benzene rings is 2. The first kappa shape index (κ1) is 25.8. The summed E-state index contributed by atoms with van der Waals surface area (Å²) in [4.78, 5) is 12.5. The molecule has 0 bridgehead atoms. The number of nitrogens with zero attached hydrogens (tertiary/aromatic N) is 1. The van der Waals surface area contributed by atoms with Crippen molar-refractivity contribution < 1.29 is 21.6 Å². The van der Waals surface area contributed by atoms with E-state index in [0.717, 1.165) is 30.2 Å². The molecular weight excluding hydrogens is 530 g/mol. The Morgan fingerprint density at radius 3 is 2.27 bits per heavy atom. The van der Waals surface area contributed by atoms with Crippen LogP contribution in [0.1, 0.15) is 39.0 Å². The van der Waals surface area contributed by atoms with Gasteiger partial charge >= 0.3 is 0 Å². The SMILES string of the molecule is CCC1CCCCN1S(=O)(=O)c1ccc(NC(=O)CCNS(=O)(=O)c2ccc(Br)cc2)cc1. The summed E-state index contributed by atoms with van der Waals surface area (Å²) in [5.41, 5.74) is 0.445. The zero-order valence-electron chi connectivity index (χ0n) is 18.3. The molecule has 1 aliphatic heterocycles. The third-order valence-corrected chi connectivity index (χ3v) is 9.53. The first-order chi connectivity index (χ1) is 15.6. The van der Waals surface area contributed by atoms with E-state index in [4.69, 9.17) is 0 Å². The molecular formula is C22H28BrN3O5S2. The van der Waals surface area contributed by atoms with Crippen molar-refractivity contribution >= 4 is 47.6 Å². The minimum absolute atomic E-state index is 0.0179. The summed E-state index contributed by atoms with van der Waals surface area (Å²) in [5, 5.41) is 2.67. The third-order valence-electron chi connectivity index (χ3n) is 5.56. The van der Waals surface area contributed by atoms with Gasteiger partial charge in [0.05, 0.1) is 9.79 Å². The van der Waals surface area contributed by atoms with Crippen molar-refractivity contribution in [3.8, 4) is 0 Å². The van der Waals surface area contributed by atoms with E-state index in [9.17, 15) is 21.6 Å². The van der Waals surface area contributed by atoms with Gasteiger partial charge in [0, 0.05) is 35.7 Å². The molecule has 180 valence electrons. The second-order valence-corrected chi connectivity index (χ2v) is 12.4. The minimum Gasteiger partial charge on any atom is -0.326 e. The van der Waals surface area contributed by atoms with Gasteiger partial charge in [0.2, 0.25) is 26.0 Å². The van der Waals surface area contributed by atoms with Gasteiger partial charge in [-0.25, -0.2) is 21.6 Å². The van der Waals surface area contributed by atoms with Crippen molar-refractivity contribution in [2.75, 3.05) is 18.4 Å². The number of rotatable bonds is 9. The highest BCUT2D eigenvalue weighted by molar-refractivity contribution is 9.10. The minimum atomic E-state index is -3.71. The van der Waals surface area contributed by atoms with Gasteiger partial charge in [-0.05, 0) is 67.8 Å². The maximum Gasteiger partial charge on any atom is 0.243 e. The smallest absolute Gasteiger partial charge is 0.243 e. The molecule has 33 heavy (non-hydrogen) atoms. The Kier molecular flexibility index (Phi) is 8.68. The Bertz CT molecular complexity index is 1170. The standard InChI is InChI=1S/C22H28BrN3O5S2/c1-2-19-5-3-4-16-26(19)33(30,31)21-12-8-18(9-13-21)25-22(27)14-15-24-32(28,29)20-10-6-17(23)7-11-20/h6-13,19,24H,2-5,14-16H2,1H3,(H,25,27). The van der Waals surface area contributed by atoms with Crippen LogP contribution in [0.5, 0.6) is 0 Å². The number of amides is 1. The molecule has 0 saturated carbocycles. The Hall–Kier alpha value is -1.79. The Labute approximate surface area is 204 Å². The molecule has 1 atom stereocenters. The van der Waals surface area contributed by atoms with Crippen LogP contribution >= 0.6 is 15.9 Å². The number of halogens is 1. The molecule has 1 heterocycles. The maximum atomic E-state index is 13.0. The van der Waals surface area contributed by atoms with Crippen LogP contribution in [-0.2, 0) is 24.8 Å². The Morgan fingerprint density at radius 1 is 1.00 bits per heavy atom. The summed E-state index contributed by atoms with van der Waals surface area (Å²) in [5.74, 6) is -0.383. The largest absolute Gasteiger partial charge is 0.326 e. The van der Waals surface area contributed by atoms with Crippen LogP contribution in [0.4, 0.5) is 5.69 Å². The molecule has 1 saturated heterocycles. The lowest BCUT2D eigenvalue weighted by atomic mass is 10.0. The van der Waals surface area contributed by atoms with Gasteiger partial charge in [-0.1, -0.05) is 29.3 Å². The van der Waals surface area contributed by atoms with Gasteiger partial charge < -0.3 is 5.32 Å². The first-order valence-electron chi connectivity index (χ1n) is 10.8. The Morgan fingerprint density at radius 2 is 1.64 bits per heavy atom. The molecule has 0 aromatic heterocycles. The van der Waals surface area contributed by atoms with E-state index >= 15 is 0 Å². The Balaban J connectivity index is 1.55. The van der Waals surface area contributed by atoms with Crippen molar-refractivity contribution in [2.45, 2.75) is 54.9 Å². The normalized spacial score (nSPS) is 17.6. The van der Waals surface area contributed by atoms with E-state index in [1.54, 1.807) is 28.6 Å². The van der Waals surface area contributed by atoms with Crippen LogP contribution in [0.15, 0.2) is 62.8 Å². The molecule has 0 aliphatic carbocycles. The molecule has 2 aromatic rings. The molecule has 11 heteroatoms. The molecule has 3 rings (SSSR count). The fourth-order valence-electron chi connectivity index (χ4n) is 3.76. The predicted octanol–water partition coefficient (Wildman–Crippen LogP) is 3.71. The lowest BCUT2D eigenvalue weighted by Crippen LogP contribution is -2.43. The number of anilines is 1. The van der Waals surface area contributed by atoms with Crippen LogP contribution in [0.25, 0.3) is 0 Å². The second kappa shape index (κ2) is 11.1. The lowest BCUT2D eigenvalue weighted by molar-refractivity contribution is -0.116. The van der Waals surface area contributed by atoms with Crippen molar-refractivity contribution in [2.24, 2.45) is 0 Å². The van der Waals surface area contributed by atoms with E-state index in [1.807, 2.05) is 6.92 Å². The average Bonchev–Trinajstić information content (AvgIpc) is 2.79. The molecule has 0 radical (unpaired) electrons. The molecule has 2 aromatic carbocycles. The van der Waals surface area contributed by atoms with Crippen molar-refractivity contribution in [3.63, 3.8) is 0 Å². The van der Waals surface area contributed by atoms with Crippen molar-refractivity contribution in [3.05, 3.63) is 53.0 Å². The van der Waals surface area contributed by atoms with Gasteiger partial charge in [-0.3, -0.25) is 4.79 Å². The first-order valence-corrected chi connectivity index (χ1v) is 14.5. The molecule has 1 aliphatic rings. The summed E-state index contributed by atoms with van der Waals surface area (Å²) in [7, 11) is -7.29. The molecule has 1 unspecified atom stereocenters. The molecule has 1 amide bonds. The van der Waals surface area contributed by atoms with Gasteiger partial charge in [0.1, 0.15) is 0 Å². The predicted molar refractivity (Wildman–Crippen MR) is 131 cm³/mol. The zero-order valence-corrected chi connectivity index (χ0v) is 21.5. The third kappa shape index (κ3) is 6.63. The zero-order chi connectivity index (χ0) is 24.1. The highest BCUT2D eigenvalue weighted by Crippen LogP contribution is 2.27. The van der Waals surface area contributed by atoms with E-state index in [2.05, 4.69) is 26.0 Å². The summed E-state index contributed by atoms with van der Waals surface area (Å²) < 4.78 is 55.4. The number of piperidine rings is 1. The van der Waals surface area contributed by atoms with E-state index in [1.165, 1.54) is 24.3 Å². The highest BCUT2D eigenvalue weighted by atomic mass is 79.9. The van der Waals surface area contributed by atoms with Crippen LogP contribution in [-0.4, -0.2) is 46.2 Å². The van der Waals surface area contributed by atoms with E-state index in [0.29, 0.717) is 12.2 Å². The summed E-state index contributed by atoms with van der Waals surface area (Å²) in [6.45, 7) is 2.45. The molecule has 0 spiro atoms. The molecule has 8 nitrogen and oxygen atoms in total. The van der Waals surface area contributed by atoms with Crippen LogP contribution in [0, 0.1) is 0 Å². The van der Waals surface area contributed by atoms with Gasteiger partial charge in [-0.15, -0.1) is 0 Å². The molecule has 1 fully saturated rings. The summed E-state index contributed by atoms with van der Waals surface area (Å²) in [6.07, 6.45) is 3.47. The van der Waals surface area contributed by atoms with E-state index in [-0.39, 0.29) is 34.7 Å². The number of carbonyl (C=O) groups is 1. The fourth-order valence-corrected chi connectivity index (χ4v) is 6.83. The summed E-state index contributed by atoms with van der Waals surface area (Å²) in [6, 6.07) is 12.3. The summed E-state index contributed by atoms with van der Waals surface area (Å²) >= 11 is 3.25. The topological polar surface area (TPSA) is 113 Å². The number of carbonyl (C=O) groups excluding carboxylic acids is 1. The second-order valence-electron chi connectivity index (χ2n) is 7.85.